The molecule has 15 heavy (non-hydrogen) atoms. The van der Waals surface area contributed by atoms with Gasteiger partial charge in [-0.1, -0.05) is 0 Å². The van der Waals surface area contributed by atoms with Gasteiger partial charge in [0.1, 0.15) is 5.82 Å². The number of nitrogens with zero attached hydrogens (tertiary/aromatic N) is 2. The minimum Gasteiger partial charge on any atom is -0.325 e. The van der Waals surface area contributed by atoms with Crippen molar-refractivity contribution in [2.45, 2.75) is 19.4 Å². The number of nitriles is 1. The highest BCUT2D eigenvalue weighted by Gasteiger charge is 2.19. The number of pyridine rings is 1. The Hall–Kier alpha value is -1.61. The molecule has 1 aromatic rings. The van der Waals surface area contributed by atoms with Gasteiger partial charge in [-0.2, -0.15) is 5.26 Å². The standard InChI is InChI=1S/C9H8F3N3/c10-6-3-5(1-2-13)15-7(4-14)8(6)9(11)12/h3,9H,1,4,14H2. The Morgan fingerprint density at radius 3 is 2.67 bits per heavy atom. The first kappa shape index (κ1) is 11.5. The molecule has 3 nitrogen and oxygen atoms in total. The average molecular weight is 215 g/mol. The Kier molecular flexibility index (Phi) is 3.63. The molecule has 0 amide bonds. The molecule has 80 valence electrons. The second-order valence-electron chi connectivity index (χ2n) is 2.80. The van der Waals surface area contributed by atoms with Crippen LogP contribution in [-0.2, 0) is 13.0 Å². The molecule has 1 rings (SSSR count). The normalized spacial score (nSPS) is 10.4. The molecule has 0 saturated heterocycles. The monoisotopic (exact) mass is 215 g/mol. The molecule has 0 atom stereocenters. The van der Waals surface area contributed by atoms with Crippen LogP contribution in [0.3, 0.4) is 0 Å². The van der Waals surface area contributed by atoms with Crippen molar-refractivity contribution in [2.75, 3.05) is 0 Å². The largest absolute Gasteiger partial charge is 0.325 e. The van der Waals surface area contributed by atoms with Crippen molar-refractivity contribution in [3.05, 3.63) is 28.8 Å². The molecule has 0 aliphatic heterocycles. The van der Waals surface area contributed by atoms with Crippen LogP contribution < -0.4 is 5.73 Å². The molecular formula is C9H8F3N3. The maximum Gasteiger partial charge on any atom is 0.268 e. The maximum absolute atomic E-state index is 13.2. The number of halogens is 3. The lowest BCUT2D eigenvalue weighted by molar-refractivity contribution is 0.144. The van der Waals surface area contributed by atoms with Gasteiger partial charge < -0.3 is 5.73 Å². The minimum absolute atomic E-state index is 0.111. The van der Waals surface area contributed by atoms with Crippen molar-refractivity contribution in [3.8, 4) is 6.07 Å². The molecule has 0 unspecified atom stereocenters. The summed E-state index contributed by atoms with van der Waals surface area (Å²) < 4.78 is 38.0. The van der Waals surface area contributed by atoms with E-state index in [1.807, 2.05) is 0 Å². The van der Waals surface area contributed by atoms with Crippen molar-refractivity contribution in [1.29, 1.82) is 5.26 Å². The summed E-state index contributed by atoms with van der Waals surface area (Å²) in [5, 5.41) is 8.36. The minimum atomic E-state index is -2.95. The Morgan fingerprint density at radius 1 is 1.53 bits per heavy atom. The average Bonchev–Trinajstić information content (AvgIpc) is 2.16. The van der Waals surface area contributed by atoms with Gasteiger partial charge in [-0.25, -0.2) is 13.2 Å². The highest BCUT2D eigenvalue weighted by atomic mass is 19.3. The van der Waals surface area contributed by atoms with Crippen LogP contribution in [0.15, 0.2) is 6.07 Å². The summed E-state index contributed by atoms with van der Waals surface area (Å²) in [4.78, 5) is 3.70. The zero-order chi connectivity index (χ0) is 11.4. The summed E-state index contributed by atoms with van der Waals surface area (Å²) in [6, 6.07) is 2.59. The zero-order valence-electron chi connectivity index (χ0n) is 7.67. The summed E-state index contributed by atoms with van der Waals surface area (Å²) in [5.41, 5.74) is 4.31. The van der Waals surface area contributed by atoms with Crippen LogP contribution in [0.4, 0.5) is 13.2 Å². The highest BCUT2D eigenvalue weighted by Crippen LogP contribution is 2.25. The highest BCUT2D eigenvalue weighted by molar-refractivity contribution is 5.27. The lowest BCUT2D eigenvalue weighted by Gasteiger charge is -2.08. The van der Waals surface area contributed by atoms with E-state index in [0.29, 0.717) is 0 Å². The molecule has 0 saturated carbocycles. The zero-order valence-corrected chi connectivity index (χ0v) is 7.67. The van der Waals surface area contributed by atoms with Crippen LogP contribution in [0.5, 0.6) is 0 Å². The van der Waals surface area contributed by atoms with E-state index >= 15 is 0 Å². The number of nitrogens with two attached hydrogens (primary N) is 1. The lowest BCUT2D eigenvalue weighted by Crippen LogP contribution is -2.09. The summed E-state index contributed by atoms with van der Waals surface area (Å²) in [6.07, 6.45) is -3.08. The third-order valence-electron chi connectivity index (χ3n) is 1.81. The Balaban J connectivity index is 3.25. The van der Waals surface area contributed by atoms with Crippen molar-refractivity contribution in [1.82, 2.24) is 4.98 Å². The fraction of sp³-hybridized carbons (Fsp3) is 0.333. The predicted molar refractivity (Wildman–Crippen MR) is 46.4 cm³/mol. The van der Waals surface area contributed by atoms with Gasteiger partial charge in [0.2, 0.25) is 0 Å². The number of hydrogen-bond donors (Lipinski definition) is 1. The fourth-order valence-electron chi connectivity index (χ4n) is 1.19. The molecule has 0 aliphatic rings. The van der Waals surface area contributed by atoms with Crippen molar-refractivity contribution >= 4 is 0 Å². The Labute approximate surface area is 84.3 Å². The van der Waals surface area contributed by atoms with E-state index in [1.54, 1.807) is 6.07 Å². The van der Waals surface area contributed by atoms with Crippen LogP contribution in [0.25, 0.3) is 0 Å². The van der Waals surface area contributed by atoms with E-state index in [-0.39, 0.29) is 24.4 Å². The summed E-state index contributed by atoms with van der Waals surface area (Å²) in [6.45, 7) is -0.282. The lowest BCUT2D eigenvalue weighted by atomic mass is 10.1. The molecule has 0 aromatic carbocycles. The van der Waals surface area contributed by atoms with Crippen LogP contribution in [0.2, 0.25) is 0 Å². The van der Waals surface area contributed by atoms with Crippen LogP contribution >= 0.6 is 0 Å². The van der Waals surface area contributed by atoms with Gasteiger partial charge in [-0.3, -0.25) is 4.98 Å². The predicted octanol–water partition coefficient (Wildman–Crippen LogP) is 1.68. The van der Waals surface area contributed by atoms with Crippen LogP contribution in [0.1, 0.15) is 23.4 Å². The van der Waals surface area contributed by atoms with Gasteiger partial charge in [0.25, 0.3) is 6.43 Å². The van der Waals surface area contributed by atoms with E-state index in [0.717, 1.165) is 6.07 Å². The number of hydrogen-bond acceptors (Lipinski definition) is 3. The molecule has 0 fully saturated rings. The third kappa shape index (κ3) is 2.44. The summed E-state index contributed by atoms with van der Waals surface area (Å²) in [7, 11) is 0. The number of rotatable bonds is 3. The molecule has 6 heteroatoms. The number of aromatic nitrogens is 1. The molecule has 0 aliphatic carbocycles. The second kappa shape index (κ2) is 4.75. The van der Waals surface area contributed by atoms with Crippen LogP contribution in [0, 0.1) is 17.1 Å². The van der Waals surface area contributed by atoms with E-state index in [4.69, 9.17) is 11.0 Å². The van der Waals surface area contributed by atoms with Crippen molar-refractivity contribution in [2.24, 2.45) is 5.73 Å². The summed E-state index contributed by atoms with van der Waals surface area (Å²) >= 11 is 0. The maximum atomic E-state index is 13.2. The van der Waals surface area contributed by atoms with Crippen molar-refractivity contribution in [3.63, 3.8) is 0 Å². The number of alkyl halides is 2. The quantitative estimate of drug-likeness (QED) is 0.834. The van der Waals surface area contributed by atoms with Gasteiger partial charge in [0.05, 0.1) is 29.4 Å². The topological polar surface area (TPSA) is 62.7 Å². The summed E-state index contributed by atoms with van der Waals surface area (Å²) in [5.74, 6) is -1.06. The molecule has 1 heterocycles. The first-order valence-corrected chi connectivity index (χ1v) is 4.13. The van der Waals surface area contributed by atoms with Gasteiger partial charge in [-0.15, -0.1) is 0 Å². The molecule has 0 spiro atoms. The molecular weight excluding hydrogens is 207 g/mol. The van der Waals surface area contributed by atoms with E-state index in [1.165, 1.54) is 0 Å². The van der Waals surface area contributed by atoms with E-state index < -0.39 is 17.8 Å². The first-order chi connectivity index (χ1) is 7.10. The fourth-order valence-corrected chi connectivity index (χ4v) is 1.19. The van der Waals surface area contributed by atoms with Gasteiger partial charge >= 0.3 is 0 Å². The second-order valence-corrected chi connectivity index (χ2v) is 2.80. The third-order valence-corrected chi connectivity index (χ3v) is 1.81. The van der Waals surface area contributed by atoms with E-state index in [9.17, 15) is 13.2 Å². The van der Waals surface area contributed by atoms with Crippen LogP contribution in [-0.4, -0.2) is 4.98 Å². The Morgan fingerprint density at radius 2 is 2.20 bits per heavy atom. The van der Waals surface area contributed by atoms with E-state index in [2.05, 4.69) is 4.98 Å². The smallest absolute Gasteiger partial charge is 0.268 e. The molecule has 0 radical (unpaired) electrons. The van der Waals surface area contributed by atoms with Gasteiger partial charge in [0, 0.05) is 6.54 Å². The first-order valence-electron chi connectivity index (χ1n) is 4.13. The molecule has 2 N–H and O–H groups in total. The Bertz CT molecular complexity index is 398. The molecule has 0 bridgehead atoms. The van der Waals surface area contributed by atoms with Crippen molar-refractivity contribution < 1.29 is 13.2 Å². The SMILES string of the molecule is N#CCc1cc(F)c(C(F)F)c(CN)n1. The van der Waals surface area contributed by atoms with Gasteiger partial charge in [-0.05, 0) is 6.07 Å². The molecule has 1 aromatic heterocycles. The van der Waals surface area contributed by atoms with Gasteiger partial charge in [0.15, 0.2) is 0 Å².